The molecule has 0 radical (unpaired) electrons. The Kier molecular flexibility index (Phi) is 6.89. The van der Waals surface area contributed by atoms with E-state index in [0.717, 1.165) is 25.2 Å². The maximum atomic E-state index is 9.55. The summed E-state index contributed by atoms with van der Waals surface area (Å²) in [7, 11) is 0. The van der Waals surface area contributed by atoms with Crippen LogP contribution in [0.4, 0.5) is 5.69 Å². The van der Waals surface area contributed by atoms with Crippen LogP contribution < -0.4 is 5.32 Å². The van der Waals surface area contributed by atoms with Gasteiger partial charge in [0.15, 0.2) is 0 Å². The van der Waals surface area contributed by atoms with Crippen molar-refractivity contribution in [3.8, 4) is 0 Å². The van der Waals surface area contributed by atoms with E-state index in [2.05, 4.69) is 52.8 Å². The SMILES string of the molecule is O=C(O)/C=C/C(=O)O.c1cncc(CCCN=C2Nc3cccc4cccc2c34)c1. The third-order valence-corrected chi connectivity index (χ3v) is 4.40. The molecule has 0 amide bonds. The van der Waals surface area contributed by atoms with Gasteiger partial charge < -0.3 is 15.5 Å². The van der Waals surface area contributed by atoms with Gasteiger partial charge in [-0.15, -0.1) is 0 Å². The Morgan fingerprint density at radius 2 is 1.73 bits per heavy atom. The summed E-state index contributed by atoms with van der Waals surface area (Å²) in [6, 6.07) is 16.8. The number of amidine groups is 1. The number of pyridine rings is 1. The predicted octanol–water partition coefficient (Wildman–Crippen LogP) is 3.75. The molecule has 30 heavy (non-hydrogen) atoms. The number of hydrogen-bond acceptors (Lipinski definition) is 4. The molecule has 1 aromatic heterocycles. The highest BCUT2D eigenvalue weighted by Crippen LogP contribution is 2.32. The first-order valence-electron chi connectivity index (χ1n) is 9.41. The normalized spacial score (nSPS) is 13.1. The van der Waals surface area contributed by atoms with Gasteiger partial charge in [0.05, 0.1) is 0 Å². The highest BCUT2D eigenvalue weighted by atomic mass is 16.4. The molecule has 4 rings (SSSR count). The molecule has 0 aliphatic carbocycles. The van der Waals surface area contributed by atoms with Gasteiger partial charge >= 0.3 is 11.9 Å². The molecule has 7 nitrogen and oxygen atoms in total. The number of carboxylic acids is 2. The number of benzene rings is 2. The van der Waals surface area contributed by atoms with Crippen LogP contribution in [0.5, 0.6) is 0 Å². The Morgan fingerprint density at radius 3 is 2.40 bits per heavy atom. The average Bonchev–Trinajstić information content (AvgIpc) is 3.11. The average molecular weight is 403 g/mol. The Morgan fingerprint density at radius 1 is 1.00 bits per heavy atom. The highest BCUT2D eigenvalue weighted by Gasteiger charge is 2.18. The summed E-state index contributed by atoms with van der Waals surface area (Å²) in [5.41, 5.74) is 3.65. The van der Waals surface area contributed by atoms with Crippen LogP contribution >= 0.6 is 0 Å². The van der Waals surface area contributed by atoms with Crippen molar-refractivity contribution >= 4 is 34.2 Å². The number of aromatic nitrogens is 1. The van der Waals surface area contributed by atoms with Crippen LogP contribution in [0.3, 0.4) is 0 Å². The third kappa shape index (κ3) is 5.51. The number of rotatable bonds is 6. The van der Waals surface area contributed by atoms with Gasteiger partial charge in [0, 0.05) is 47.7 Å². The van der Waals surface area contributed by atoms with E-state index in [9.17, 15) is 9.59 Å². The summed E-state index contributed by atoms with van der Waals surface area (Å²) in [5.74, 6) is -1.52. The van der Waals surface area contributed by atoms with Crippen molar-refractivity contribution in [2.45, 2.75) is 12.8 Å². The van der Waals surface area contributed by atoms with E-state index in [4.69, 9.17) is 15.2 Å². The molecule has 3 aromatic rings. The molecular weight excluding hydrogens is 382 g/mol. The number of aliphatic carboxylic acids is 2. The minimum Gasteiger partial charge on any atom is -0.478 e. The van der Waals surface area contributed by atoms with E-state index in [0.29, 0.717) is 12.2 Å². The van der Waals surface area contributed by atoms with Crippen LogP contribution in [-0.4, -0.2) is 39.5 Å². The molecule has 7 heteroatoms. The van der Waals surface area contributed by atoms with Crippen LogP contribution in [0.2, 0.25) is 0 Å². The fourth-order valence-electron chi connectivity index (χ4n) is 3.12. The molecular formula is C23H21N3O4. The first-order chi connectivity index (χ1) is 14.5. The van der Waals surface area contributed by atoms with Gasteiger partial charge in [0.2, 0.25) is 0 Å². The standard InChI is InChI=1S/C19H17N3.C4H4O4/c1-7-15-8-2-10-17-18(15)16(9-1)19(22-17)21-12-4-6-14-5-3-11-20-13-14;5-3(6)1-2-4(7)8/h1-3,5,7-11,13H,4,6,12H2,(H,21,22);1-2H,(H,5,6)(H,7,8)/b;2-1+. The summed E-state index contributed by atoms with van der Waals surface area (Å²) in [4.78, 5) is 28.0. The van der Waals surface area contributed by atoms with E-state index in [1.807, 2.05) is 18.5 Å². The van der Waals surface area contributed by atoms with Gasteiger partial charge in [-0.05, 0) is 35.9 Å². The lowest BCUT2D eigenvalue weighted by Crippen LogP contribution is -2.08. The first kappa shape index (κ1) is 20.7. The molecule has 0 saturated heterocycles. The van der Waals surface area contributed by atoms with E-state index >= 15 is 0 Å². The molecule has 2 aromatic carbocycles. The Balaban J connectivity index is 0.000000275. The van der Waals surface area contributed by atoms with Crippen molar-refractivity contribution in [3.63, 3.8) is 0 Å². The maximum Gasteiger partial charge on any atom is 0.328 e. The van der Waals surface area contributed by atoms with Crippen molar-refractivity contribution in [1.82, 2.24) is 4.98 Å². The summed E-state index contributed by atoms with van der Waals surface area (Å²) >= 11 is 0. The molecule has 0 unspecified atom stereocenters. The molecule has 0 saturated carbocycles. The molecule has 0 spiro atoms. The second kappa shape index (κ2) is 9.97. The molecule has 1 aliphatic heterocycles. The van der Waals surface area contributed by atoms with Crippen LogP contribution in [0, 0.1) is 0 Å². The van der Waals surface area contributed by atoms with Gasteiger partial charge in [-0.1, -0.05) is 36.4 Å². The molecule has 1 aliphatic rings. The summed E-state index contributed by atoms with van der Waals surface area (Å²) in [6.07, 6.45) is 6.90. The molecule has 152 valence electrons. The zero-order valence-corrected chi connectivity index (χ0v) is 16.2. The number of nitrogens with one attached hydrogen (secondary N) is 1. The summed E-state index contributed by atoms with van der Waals surface area (Å²) in [6.45, 7) is 0.821. The fourth-order valence-corrected chi connectivity index (χ4v) is 3.12. The monoisotopic (exact) mass is 403 g/mol. The molecule has 0 atom stereocenters. The van der Waals surface area contributed by atoms with Crippen LogP contribution in [0.25, 0.3) is 10.8 Å². The lowest BCUT2D eigenvalue weighted by molar-refractivity contribution is -0.134. The van der Waals surface area contributed by atoms with Crippen LogP contribution in [0.1, 0.15) is 17.5 Å². The topological polar surface area (TPSA) is 112 Å². The smallest absolute Gasteiger partial charge is 0.328 e. The molecule has 2 heterocycles. The largest absolute Gasteiger partial charge is 0.478 e. The maximum absolute atomic E-state index is 9.55. The van der Waals surface area contributed by atoms with Crippen molar-refractivity contribution in [1.29, 1.82) is 0 Å². The minimum atomic E-state index is -1.26. The lowest BCUT2D eigenvalue weighted by atomic mass is 10.1. The van der Waals surface area contributed by atoms with E-state index in [-0.39, 0.29) is 0 Å². The van der Waals surface area contributed by atoms with Gasteiger partial charge in [0.1, 0.15) is 5.84 Å². The van der Waals surface area contributed by atoms with Crippen molar-refractivity contribution in [2.24, 2.45) is 4.99 Å². The molecule has 3 N–H and O–H groups in total. The zero-order chi connectivity index (χ0) is 21.3. The number of anilines is 1. The lowest BCUT2D eigenvalue weighted by Gasteiger charge is -2.02. The Hall–Kier alpha value is -4.00. The Bertz CT molecular complexity index is 1090. The number of carboxylic acid groups (broad SMARTS) is 2. The first-order valence-corrected chi connectivity index (χ1v) is 9.41. The predicted molar refractivity (Wildman–Crippen MR) is 116 cm³/mol. The number of aliphatic imine (C=N–C) groups is 1. The van der Waals surface area contributed by atoms with Crippen molar-refractivity contribution in [2.75, 3.05) is 11.9 Å². The number of aryl methyl sites for hydroxylation is 1. The summed E-state index contributed by atoms with van der Waals surface area (Å²) < 4.78 is 0. The molecule has 0 bridgehead atoms. The number of hydrogen-bond donors (Lipinski definition) is 3. The highest BCUT2D eigenvalue weighted by molar-refractivity contribution is 6.25. The van der Waals surface area contributed by atoms with E-state index in [1.165, 1.54) is 27.6 Å². The van der Waals surface area contributed by atoms with Crippen LogP contribution in [0.15, 0.2) is 78.1 Å². The number of nitrogens with zero attached hydrogens (tertiary/aromatic N) is 2. The fraction of sp³-hybridized carbons (Fsp3) is 0.130. The second-order valence-electron chi connectivity index (χ2n) is 6.54. The second-order valence-corrected chi connectivity index (χ2v) is 6.54. The summed E-state index contributed by atoms with van der Waals surface area (Å²) in [5, 5.41) is 21.6. The van der Waals surface area contributed by atoms with Gasteiger partial charge in [-0.3, -0.25) is 9.98 Å². The third-order valence-electron chi connectivity index (χ3n) is 4.40. The van der Waals surface area contributed by atoms with Crippen LogP contribution in [-0.2, 0) is 16.0 Å². The number of carbonyl (C=O) groups is 2. The van der Waals surface area contributed by atoms with E-state index in [1.54, 1.807) is 0 Å². The minimum absolute atomic E-state index is 0.558. The van der Waals surface area contributed by atoms with Gasteiger partial charge in [0.25, 0.3) is 0 Å². The molecule has 0 fully saturated rings. The van der Waals surface area contributed by atoms with Crippen molar-refractivity contribution < 1.29 is 19.8 Å². The van der Waals surface area contributed by atoms with Gasteiger partial charge in [-0.25, -0.2) is 9.59 Å². The Labute approximate surface area is 173 Å². The van der Waals surface area contributed by atoms with Crippen molar-refractivity contribution in [3.05, 3.63) is 84.2 Å². The van der Waals surface area contributed by atoms with Gasteiger partial charge in [-0.2, -0.15) is 0 Å². The van der Waals surface area contributed by atoms with E-state index < -0.39 is 11.9 Å². The quantitative estimate of drug-likeness (QED) is 0.427. The zero-order valence-electron chi connectivity index (χ0n) is 16.2.